The molecule has 9 nitrogen and oxygen atoms in total. The van der Waals surface area contributed by atoms with Crippen molar-refractivity contribution in [3.05, 3.63) is 59.9 Å². The highest BCUT2D eigenvalue weighted by Gasteiger charge is 2.41. The molecule has 0 aromatic carbocycles. The topological polar surface area (TPSA) is 103 Å². The molecule has 0 spiro atoms. The number of carbonyl (C=O) groups excluding carboxylic acids is 1. The van der Waals surface area contributed by atoms with Gasteiger partial charge in [-0.1, -0.05) is 13.0 Å². The summed E-state index contributed by atoms with van der Waals surface area (Å²) in [5.41, 5.74) is 0.944. The fourth-order valence-corrected chi connectivity index (χ4v) is 4.82. The number of aromatic nitrogens is 5. The molecule has 0 radical (unpaired) electrons. The van der Waals surface area contributed by atoms with Crippen LogP contribution in [0.3, 0.4) is 0 Å². The van der Waals surface area contributed by atoms with E-state index in [-0.39, 0.29) is 23.9 Å². The van der Waals surface area contributed by atoms with Crippen LogP contribution in [0.15, 0.2) is 47.9 Å². The molecule has 3 aromatic heterocycles. The lowest BCUT2D eigenvalue weighted by Crippen LogP contribution is -2.43. The van der Waals surface area contributed by atoms with E-state index in [1.54, 1.807) is 17.2 Å². The van der Waals surface area contributed by atoms with Gasteiger partial charge in [0.2, 0.25) is 5.91 Å². The monoisotopic (exact) mass is 464 g/mol. The van der Waals surface area contributed by atoms with Crippen LogP contribution in [0.2, 0.25) is 0 Å². The third kappa shape index (κ3) is 3.78. The fourth-order valence-electron chi connectivity index (χ4n) is 3.70. The molecule has 1 unspecified atom stereocenters. The maximum absolute atomic E-state index is 13.3. The molecule has 1 amide bonds. The highest BCUT2D eigenvalue weighted by Crippen LogP contribution is 2.32. The van der Waals surface area contributed by atoms with Gasteiger partial charge in [0.15, 0.2) is 0 Å². The first-order valence-electron chi connectivity index (χ1n) is 9.99. The average Bonchev–Trinajstić information content (AvgIpc) is 3.48. The minimum Gasteiger partial charge on any atom is -0.331 e. The van der Waals surface area contributed by atoms with Crippen LogP contribution in [-0.4, -0.2) is 49.6 Å². The van der Waals surface area contributed by atoms with Crippen molar-refractivity contribution in [2.75, 3.05) is 0 Å². The van der Waals surface area contributed by atoms with Crippen LogP contribution in [-0.2, 0) is 39.9 Å². The molecule has 0 saturated heterocycles. The van der Waals surface area contributed by atoms with Crippen LogP contribution in [0.4, 0.5) is 8.78 Å². The molecular formula is C20H22F2N6O3S. The molecule has 1 atom stereocenters. The lowest BCUT2D eigenvalue weighted by Gasteiger charge is -2.31. The summed E-state index contributed by atoms with van der Waals surface area (Å²) in [5.74, 6) is -0.112. The van der Waals surface area contributed by atoms with Gasteiger partial charge in [0.25, 0.3) is 16.4 Å². The minimum atomic E-state index is -4.08. The Morgan fingerprint density at radius 2 is 2.03 bits per heavy atom. The number of halogens is 2. The van der Waals surface area contributed by atoms with Crippen LogP contribution >= 0.6 is 0 Å². The first kappa shape index (κ1) is 22.1. The summed E-state index contributed by atoms with van der Waals surface area (Å²) in [4.78, 5) is 19.1. The van der Waals surface area contributed by atoms with Crippen molar-refractivity contribution in [2.24, 2.45) is 0 Å². The molecule has 32 heavy (non-hydrogen) atoms. The number of hydrogen-bond donors (Lipinski definition) is 0. The van der Waals surface area contributed by atoms with Crippen molar-refractivity contribution in [2.45, 2.75) is 56.6 Å². The Balaban J connectivity index is 1.54. The SMILES string of the molecule is CCC(C)(C(=O)N1Cc2cn(S(=O)(=O)c3cnn(CC(F)F)c3)nc2C1)c1ccccn1. The second-order valence-corrected chi connectivity index (χ2v) is 9.63. The minimum absolute atomic E-state index is 0.112. The maximum Gasteiger partial charge on any atom is 0.286 e. The third-order valence-electron chi connectivity index (χ3n) is 5.73. The van der Waals surface area contributed by atoms with Crippen molar-refractivity contribution in [1.29, 1.82) is 0 Å². The van der Waals surface area contributed by atoms with Gasteiger partial charge in [-0.15, -0.1) is 0 Å². The number of nitrogens with zero attached hydrogens (tertiary/aromatic N) is 6. The van der Waals surface area contributed by atoms with Gasteiger partial charge >= 0.3 is 0 Å². The summed E-state index contributed by atoms with van der Waals surface area (Å²) in [6.45, 7) is 3.45. The highest BCUT2D eigenvalue weighted by atomic mass is 32.2. The van der Waals surface area contributed by atoms with Gasteiger partial charge in [0.05, 0.1) is 29.5 Å². The number of rotatable bonds is 7. The van der Waals surface area contributed by atoms with Gasteiger partial charge in [-0.2, -0.15) is 22.7 Å². The Bertz CT molecular complexity index is 1220. The molecular weight excluding hydrogens is 442 g/mol. The van der Waals surface area contributed by atoms with Crippen LogP contribution < -0.4 is 0 Å². The maximum atomic E-state index is 13.3. The third-order valence-corrected chi connectivity index (χ3v) is 7.22. The zero-order valence-corrected chi connectivity index (χ0v) is 18.3. The van der Waals surface area contributed by atoms with Crippen molar-refractivity contribution in [3.8, 4) is 0 Å². The summed E-state index contributed by atoms with van der Waals surface area (Å²) in [6, 6.07) is 5.44. The summed E-state index contributed by atoms with van der Waals surface area (Å²) in [5, 5.41) is 7.83. The Morgan fingerprint density at radius 1 is 1.25 bits per heavy atom. The largest absolute Gasteiger partial charge is 0.331 e. The van der Waals surface area contributed by atoms with Gasteiger partial charge in [-0.3, -0.25) is 14.5 Å². The van der Waals surface area contributed by atoms with E-state index in [2.05, 4.69) is 15.2 Å². The van der Waals surface area contributed by atoms with Crippen LogP contribution in [0, 0.1) is 0 Å². The van der Waals surface area contributed by atoms with E-state index in [9.17, 15) is 22.0 Å². The van der Waals surface area contributed by atoms with Crippen LogP contribution in [0.1, 0.15) is 37.2 Å². The summed E-state index contributed by atoms with van der Waals surface area (Å²) < 4.78 is 52.3. The van der Waals surface area contributed by atoms with E-state index in [0.717, 1.165) is 21.2 Å². The standard InChI is InChI=1S/C20H22F2N6O3S/c1-3-20(2,17-6-4-5-7-23-17)19(29)26-9-14-10-28(25-16(14)12-26)32(30,31)15-8-24-27(11-15)13-18(21)22/h4-8,10-11,18H,3,9,12-13H2,1-2H3. The number of carbonyl (C=O) groups is 1. The molecule has 0 aliphatic carbocycles. The van der Waals surface area contributed by atoms with Crippen LogP contribution in [0.25, 0.3) is 0 Å². The van der Waals surface area contributed by atoms with E-state index in [0.29, 0.717) is 23.4 Å². The first-order chi connectivity index (χ1) is 15.1. The smallest absolute Gasteiger partial charge is 0.286 e. The second-order valence-electron chi connectivity index (χ2n) is 7.83. The van der Waals surface area contributed by atoms with Crippen molar-refractivity contribution >= 4 is 15.9 Å². The zero-order valence-electron chi connectivity index (χ0n) is 17.5. The molecule has 4 rings (SSSR count). The Labute approximate surface area is 183 Å². The average molecular weight is 464 g/mol. The molecule has 0 saturated carbocycles. The molecule has 170 valence electrons. The molecule has 3 aromatic rings. The van der Waals surface area contributed by atoms with Crippen molar-refractivity contribution in [1.82, 2.24) is 28.9 Å². The molecule has 0 fully saturated rings. The molecule has 0 bridgehead atoms. The highest BCUT2D eigenvalue weighted by molar-refractivity contribution is 7.89. The van der Waals surface area contributed by atoms with Gasteiger partial charge in [0.1, 0.15) is 11.4 Å². The normalized spacial score (nSPS) is 15.7. The first-order valence-corrected chi connectivity index (χ1v) is 11.4. The number of amides is 1. The summed E-state index contributed by atoms with van der Waals surface area (Å²) >= 11 is 0. The fraction of sp³-hybridized carbons (Fsp3) is 0.400. The van der Waals surface area contributed by atoms with Gasteiger partial charge in [0, 0.05) is 30.7 Å². The van der Waals surface area contributed by atoms with Gasteiger partial charge in [-0.25, -0.2) is 8.78 Å². The van der Waals surface area contributed by atoms with Crippen molar-refractivity contribution in [3.63, 3.8) is 0 Å². The predicted molar refractivity (Wildman–Crippen MR) is 109 cm³/mol. The van der Waals surface area contributed by atoms with E-state index >= 15 is 0 Å². The molecule has 1 aliphatic heterocycles. The Morgan fingerprint density at radius 3 is 2.66 bits per heavy atom. The lowest BCUT2D eigenvalue weighted by molar-refractivity contribution is -0.137. The molecule has 0 N–H and O–H groups in total. The van der Waals surface area contributed by atoms with E-state index in [1.165, 1.54) is 6.20 Å². The molecule has 12 heteroatoms. The van der Waals surface area contributed by atoms with Crippen molar-refractivity contribution < 1.29 is 22.0 Å². The Hall–Kier alpha value is -3.15. The summed E-state index contributed by atoms with van der Waals surface area (Å²) in [7, 11) is -4.08. The molecule has 4 heterocycles. The van der Waals surface area contributed by atoms with E-state index < -0.39 is 28.4 Å². The second kappa shape index (κ2) is 8.08. The lowest BCUT2D eigenvalue weighted by atomic mass is 9.82. The van der Waals surface area contributed by atoms with Gasteiger partial charge in [-0.05, 0) is 25.5 Å². The number of hydrogen-bond acceptors (Lipinski definition) is 6. The number of fused-ring (bicyclic) bond motifs is 1. The Kier molecular flexibility index (Phi) is 5.57. The summed E-state index contributed by atoms with van der Waals surface area (Å²) in [6.07, 6.45) is 2.96. The predicted octanol–water partition coefficient (Wildman–Crippen LogP) is 2.19. The molecule has 1 aliphatic rings. The van der Waals surface area contributed by atoms with Crippen LogP contribution in [0.5, 0.6) is 0 Å². The zero-order chi connectivity index (χ0) is 23.1. The van der Waals surface area contributed by atoms with Gasteiger partial charge < -0.3 is 4.90 Å². The quantitative estimate of drug-likeness (QED) is 0.531. The number of alkyl halides is 2. The van der Waals surface area contributed by atoms with E-state index in [4.69, 9.17) is 0 Å². The van der Waals surface area contributed by atoms with E-state index in [1.807, 2.05) is 26.0 Å². The number of pyridine rings is 1.